The fourth-order valence-corrected chi connectivity index (χ4v) is 3.24. The van der Waals surface area contributed by atoms with Crippen LogP contribution in [0.4, 0.5) is 0 Å². The number of likely N-dealkylation sites (tertiary alicyclic amines) is 1. The Labute approximate surface area is 143 Å². The molecule has 0 saturated carbocycles. The van der Waals surface area contributed by atoms with E-state index in [-0.39, 0.29) is 0 Å². The fraction of sp³-hybridized carbons (Fsp3) is 0.944. The van der Waals surface area contributed by atoms with Gasteiger partial charge in [0.25, 0.3) is 0 Å². The largest absolute Gasteiger partial charge is 0.356 e. The highest BCUT2D eigenvalue weighted by Gasteiger charge is 2.15. The molecule has 136 valence electrons. The molecule has 23 heavy (non-hydrogen) atoms. The lowest BCUT2D eigenvalue weighted by molar-refractivity contribution is 0.191. The monoisotopic (exact) mass is 325 g/mol. The Balaban J connectivity index is 2.14. The summed E-state index contributed by atoms with van der Waals surface area (Å²) in [4.78, 5) is 9.38. The second kappa shape index (κ2) is 11.7. The molecule has 1 atom stereocenters. The smallest absolute Gasteiger partial charge is 0.191 e. The van der Waals surface area contributed by atoms with Crippen molar-refractivity contribution in [2.45, 2.75) is 53.0 Å². The molecule has 0 radical (unpaired) electrons. The number of guanidine groups is 1. The Bertz CT molecular complexity index is 319. The van der Waals surface area contributed by atoms with Gasteiger partial charge < -0.3 is 15.5 Å². The number of piperidine rings is 1. The molecule has 1 aliphatic heterocycles. The number of nitrogens with zero attached hydrogens (tertiary/aromatic N) is 3. The molecule has 1 heterocycles. The average molecular weight is 326 g/mol. The molecule has 0 spiro atoms. The SMILES string of the molecule is CCN(CC)C(C)CNC(=NC)NCCCN1CCC(C)CC1. The third-order valence-electron chi connectivity index (χ3n) is 5.04. The summed E-state index contributed by atoms with van der Waals surface area (Å²) in [5.74, 6) is 1.84. The van der Waals surface area contributed by atoms with Crippen molar-refractivity contribution in [3.63, 3.8) is 0 Å². The molecule has 0 aromatic rings. The minimum Gasteiger partial charge on any atom is -0.356 e. The van der Waals surface area contributed by atoms with E-state index >= 15 is 0 Å². The summed E-state index contributed by atoms with van der Waals surface area (Å²) < 4.78 is 0. The van der Waals surface area contributed by atoms with Crippen molar-refractivity contribution in [1.29, 1.82) is 0 Å². The van der Waals surface area contributed by atoms with Crippen LogP contribution in [0.2, 0.25) is 0 Å². The molecule has 1 aliphatic rings. The molecule has 0 aromatic carbocycles. The maximum Gasteiger partial charge on any atom is 0.191 e. The van der Waals surface area contributed by atoms with E-state index in [2.05, 4.69) is 53.1 Å². The van der Waals surface area contributed by atoms with Crippen molar-refractivity contribution in [3.05, 3.63) is 0 Å². The zero-order valence-corrected chi connectivity index (χ0v) is 16.1. The predicted molar refractivity (Wildman–Crippen MR) is 101 cm³/mol. The van der Waals surface area contributed by atoms with E-state index in [4.69, 9.17) is 0 Å². The van der Waals surface area contributed by atoms with E-state index in [1.54, 1.807) is 0 Å². The van der Waals surface area contributed by atoms with Crippen LogP contribution in [0.5, 0.6) is 0 Å². The van der Waals surface area contributed by atoms with Crippen LogP contribution >= 0.6 is 0 Å². The van der Waals surface area contributed by atoms with E-state index < -0.39 is 0 Å². The van der Waals surface area contributed by atoms with Crippen LogP contribution < -0.4 is 10.6 Å². The molecular weight excluding hydrogens is 286 g/mol. The van der Waals surface area contributed by atoms with E-state index in [1.807, 2.05) is 7.05 Å². The molecule has 1 unspecified atom stereocenters. The summed E-state index contributed by atoms with van der Waals surface area (Å²) in [5.41, 5.74) is 0. The topological polar surface area (TPSA) is 42.9 Å². The lowest BCUT2D eigenvalue weighted by Crippen LogP contribution is -2.46. The summed E-state index contributed by atoms with van der Waals surface area (Å²) in [6.45, 7) is 16.9. The molecule has 2 N–H and O–H groups in total. The summed E-state index contributed by atoms with van der Waals surface area (Å²) in [6, 6.07) is 0.527. The first kappa shape index (κ1) is 20.2. The molecule has 1 saturated heterocycles. The van der Waals surface area contributed by atoms with Crippen molar-refractivity contribution in [1.82, 2.24) is 20.4 Å². The minimum absolute atomic E-state index is 0.527. The van der Waals surface area contributed by atoms with Gasteiger partial charge in [-0.1, -0.05) is 20.8 Å². The van der Waals surface area contributed by atoms with Crippen LogP contribution in [0.1, 0.15) is 47.0 Å². The van der Waals surface area contributed by atoms with Gasteiger partial charge in [-0.25, -0.2) is 0 Å². The zero-order valence-electron chi connectivity index (χ0n) is 16.1. The number of hydrogen-bond acceptors (Lipinski definition) is 3. The van der Waals surface area contributed by atoms with Gasteiger partial charge in [-0.2, -0.15) is 0 Å². The number of hydrogen-bond donors (Lipinski definition) is 2. The highest BCUT2D eigenvalue weighted by molar-refractivity contribution is 5.79. The van der Waals surface area contributed by atoms with Crippen LogP contribution in [0.3, 0.4) is 0 Å². The third-order valence-corrected chi connectivity index (χ3v) is 5.04. The quantitative estimate of drug-likeness (QED) is 0.387. The van der Waals surface area contributed by atoms with Gasteiger partial charge in [-0.3, -0.25) is 9.89 Å². The van der Waals surface area contributed by atoms with Crippen molar-refractivity contribution in [3.8, 4) is 0 Å². The molecule has 1 fully saturated rings. The summed E-state index contributed by atoms with van der Waals surface area (Å²) in [6.07, 6.45) is 3.90. The van der Waals surface area contributed by atoms with Crippen LogP contribution in [-0.4, -0.2) is 74.7 Å². The maximum atomic E-state index is 4.33. The first-order chi connectivity index (χ1) is 11.1. The lowest BCUT2D eigenvalue weighted by atomic mass is 9.99. The maximum absolute atomic E-state index is 4.33. The molecular formula is C18H39N5. The molecule has 0 aliphatic carbocycles. The van der Waals surface area contributed by atoms with E-state index in [0.29, 0.717) is 6.04 Å². The molecule has 0 amide bonds. The van der Waals surface area contributed by atoms with Gasteiger partial charge in [0.05, 0.1) is 0 Å². The molecule has 5 nitrogen and oxygen atoms in total. The van der Waals surface area contributed by atoms with Gasteiger partial charge in [-0.15, -0.1) is 0 Å². The first-order valence-electron chi connectivity index (χ1n) is 9.51. The predicted octanol–water partition coefficient (Wildman–Crippen LogP) is 2.00. The van der Waals surface area contributed by atoms with E-state index in [9.17, 15) is 0 Å². The Morgan fingerprint density at radius 1 is 1.22 bits per heavy atom. The Morgan fingerprint density at radius 3 is 2.43 bits per heavy atom. The summed E-state index contributed by atoms with van der Waals surface area (Å²) in [5, 5.41) is 6.89. The van der Waals surface area contributed by atoms with Gasteiger partial charge in [-0.05, 0) is 64.8 Å². The van der Waals surface area contributed by atoms with Crippen LogP contribution in [0.25, 0.3) is 0 Å². The van der Waals surface area contributed by atoms with Crippen LogP contribution in [0, 0.1) is 5.92 Å². The number of rotatable bonds is 9. The van der Waals surface area contributed by atoms with Crippen molar-refractivity contribution in [2.24, 2.45) is 10.9 Å². The van der Waals surface area contributed by atoms with Crippen LogP contribution in [0.15, 0.2) is 4.99 Å². The Morgan fingerprint density at radius 2 is 1.87 bits per heavy atom. The van der Waals surface area contributed by atoms with Crippen molar-refractivity contribution < 1.29 is 0 Å². The van der Waals surface area contributed by atoms with E-state index in [1.165, 1.54) is 38.9 Å². The third kappa shape index (κ3) is 8.02. The van der Waals surface area contributed by atoms with Crippen molar-refractivity contribution >= 4 is 5.96 Å². The first-order valence-corrected chi connectivity index (χ1v) is 9.51. The highest BCUT2D eigenvalue weighted by atomic mass is 15.2. The normalized spacial score (nSPS) is 19.1. The van der Waals surface area contributed by atoms with E-state index in [0.717, 1.165) is 38.1 Å². The zero-order chi connectivity index (χ0) is 17.1. The number of likely N-dealkylation sites (N-methyl/N-ethyl adjacent to an activating group) is 1. The van der Waals surface area contributed by atoms with Gasteiger partial charge in [0, 0.05) is 26.2 Å². The van der Waals surface area contributed by atoms with Gasteiger partial charge >= 0.3 is 0 Å². The second-order valence-electron chi connectivity index (χ2n) is 6.83. The van der Waals surface area contributed by atoms with Gasteiger partial charge in [0.2, 0.25) is 0 Å². The minimum atomic E-state index is 0.527. The average Bonchev–Trinajstić information content (AvgIpc) is 2.57. The number of nitrogens with one attached hydrogen (secondary N) is 2. The number of aliphatic imine (C=N–C) groups is 1. The molecule has 0 bridgehead atoms. The Hall–Kier alpha value is -0.810. The molecule has 1 rings (SSSR count). The fourth-order valence-electron chi connectivity index (χ4n) is 3.24. The second-order valence-corrected chi connectivity index (χ2v) is 6.83. The van der Waals surface area contributed by atoms with Crippen LogP contribution in [-0.2, 0) is 0 Å². The standard InChI is InChI=1S/C18H39N5/c1-6-23(7-2)17(4)15-21-18(19-5)20-11-8-12-22-13-9-16(3)10-14-22/h16-17H,6-15H2,1-5H3,(H2,19,20,21). The molecule has 0 aromatic heterocycles. The lowest BCUT2D eigenvalue weighted by Gasteiger charge is -2.30. The highest BCUT2D eigenvalue weighted by Crippen LogP contribution is 2.15. The van der Waals surface area contributed by atoms with Gasteiger partial charge in [0.1, 0.15) is 0 Å². The Kier molecular flexibility index (Phi) is 10.3. The summed E-state index contributed by atoms with van der Waals surface area (Å²) >= 11 is 0. The van der Waals surface area contributed by atoms with Crippen molar-refractivity contribution in [2.75, 3.05) is 52.9 Å². The molecule has 5 heteroatoms. The van der Waals surface area contributed by atoms with Gasteiger partial charge in [0.15, 0.2) is 5.96 Å². The summed E-state index contributed by atoms with van der Waals surface area (Å²) in [7, 11) is 1.85.